The van der Waals surface area contributed by atoms with Crippen LogP contribution in [0.2, 0.25) is 5.02 Å². The van der Waals surface area contributed by atoms with Crippen molar-refractivity contribution in [2.45, 2.75) is 39.9 Å². The van der Waals surface area contributed by atoms with Gasteiger partial charge in [0.2, 0.25) is 0 Å². The molecule has 0 spiro atoms. The van der Waals surface area contributed by atoms with Gasteiger partial charge in [-0.1, -0.05) is 11.6 Å². The Balaban J connectivity index is 2.90. The van der Waals surface area contributed by atoms with Crippen molar-refractivity contribution in [3.8, 4) is 5.75 Å². The average molecular weight is 300 g/mol. The Labute approximate surface area is 125 Å². The van der Waals surface area contributed by atoms with Gasteiger partial charge in [0.05, 0.1) is 6.10 Å². The van der Waals surface area contributed by atoms with Crippen molar-refractivity contribution in [3.05, 3.63) is 28.8 Å². The molecular formula is C15H22ClNO3. The highest BCUT2D eigenvalue weighted by atomic mass is 35.5. The molecule has 1 N–H and O–H groups in total. The smallest absolute Gasteiger partial charge is 0.263 e. The second-order valence-corrected chi connectivity index (χ2v) is 5.07. The zero-order valence-corrected chi connectivity index (χ0v) is 13.1. The summed E-state index contributed by atoms with van der Waals surface area (Å²) in [6.45, 7) is 8.49. The molecule has 1 aromatic carbocycles. The topological polar surface area (TPSA) is 49.8 Å². The van der Waals surface area contributed by atoms with Gasteiger partial charge in [-0.05, 0) is 45.9 Å². The molecule has 0 saturated carbocycles. The number of hydrogen-bond donors (Lipinski definition) is 1. The van der Waals surface area contributed by atoms with Gasteiger partial charge in [-0.3, -0.25) is 4.79 Å². The largest absolute Gasteiger partial charge is 0.481 e. The van der Waals surface area contributed by atoms with E-state index in [1.54, 1.807) is 36.9 Å². The number of nitrogens with zero attached hydrogens (tertiary/aromatic N) is 1. The number of carbonyl (C=O) groups excluding carboxylic acids is 1. The third kappa shape index (κ3) is 4.12. The van der Waals surface area contributed by atoms with Crippen molar-refractivity contribution in [1.29, 1.82) is 0 Å². The molecular weight excluding hydrogens is 278 g/mol. The molecule has 2 atom stereocenters. The van der Waals surface area contributed by atoms with Crippen LogP contribution in [0.4, 0.5) is 0 Å². The van der Waals surface area contributed by atoms with Crippen LogP contribution >= 0.6 is 11.6 Å². The van der Waals surface area contributed by atoms with Gasteiger partial charge in [0, 0.05) is 23.7 Å². The Hall–Kier alpha value is -1.26. The number of amides is 1. The molecule has 1 rings (SSSR count). The Morgan fingerprint density at radius 1 is 1.35 bits per heavy atom. The van der Waals surface area contributed by atoms with Crippen LogP contribution in [0.5, 0.6) is 5.75 Å². The monoisotopic (exact) mass is 299 g/mol. The minimum absolute atomic E-state index is 0.0681. The summed E-state index contributed by atoms with van der Waals surface area (Å²) < 4.78 is 5.70. The minimum Gasteiger partial charge on any atom is -0.481 e. The fourth-order valence-electron chi connectivity index (χ4n) is 1.99. The van der Waals surface area contributed by atoms with E-state index >= 15 is 0 Å². The Bertz CT molecular complexity index is 458. The first-order valence-corrected chi connectivity index (χ1v) is 7.21. The van der Waals surface area contributed by atoms with Crippen molar-refractivity contribution in [2.24, 2.45) is 0 Å². The van der Waals surface area contributed by atoms with Crippen molar-refractivity contribution in [3.63, 3.8) is 0 Å². The van der Waals surface area contributed by atoms with E-state index in [0.717, 1.165) is 0 Å². The molecule has 4 nitrogen and oxygen atoms in total. The van der Waals surface area contributed by atoms with Gasteiger partial charge in [-0.15, -0.1) is 0 Å². The summed E-state index contributed by atoms with van der Waals surface area (Å²) >= 11 is 5.91. The van der Waals surface area contributed by atoms with Crippen LogP contribution in [0, 0.1) is 0 Å². The number of rotatable bonds is 6. The SMILES string of the molecule is CCN(CC)C(=O)C(C)Oc1ccc(Cl)cc1[C@@H](C)O. The van der Waals surface area contributed by atoms with Crippen LogP contribution in [-0.4, -0.2) is 35.1 Å². The number of ether oxygens (including phenoxy) is 1. The first-order valence-electron chi connectivity index (χ1n) is 6.83. The predicted octanol–water partition coefficient (Wildman–Crippen LogP) is 3.03. The molecule has 0 fully saturated rings. The highest BCUT2D eigenvalue weighted by Crippen LogP contribution is 2.29. The summed E-state index contributed by atoms with van der Waals surface area (Å²) in [5, 5.41) is 10.3. The van der Waals surface area contributed by atoms with Gasteiger partial charge in [0.15, 0.2) is 6.10 Å². The summed E-state index contributed by atoms with van der Waals surface area (Å²) in [4.78, 5) is 13.9. The van der Waals surface area contributed by atoms with Gasteiger partial charge in [-0.25, -0.2) is 0 Å². The lowest BCUT2D eigenvalue weighted by Crippen LogP contribution is -2.40. The lowest BCUT2D eigenvalue weighted by molar-refractivity contribution is -0.137. The van der Waals surface area contributed by atoms with E-state index in [1.807, 2.05) is 13.8 Å². The van der Waals surface area contributed by atoms with Crippen LogP contribution < -0.4 is 4.74 Å². The average Bonchev–Trinajstić information content (AvgIpc) is 2.41. The van der Waals surface area contributed by atoms with Crippen LogP contribution in [-0.2, 0) is 4.79 Å². The van der Waals surface area contributed by atoms with Crippen molar-refractivity contribution < 1.29 is 14.6 Å². The summed E-state index contributed by atoms with van der Waals surface area (Å²) in [7, 11) is 0. The van der Waals surface area contributed by atoms with Crippen LogP contribution in [0.25, 0.3) is 0 Å². The number of aliphatic hydroxyl groups is 1. The maximum Gasteiger partial charge on any atom is 0.263 e. The first-order chi connectivity index (χ1) is 9.40. The van der Waals surface area contributed by atoms with Gasteiger partial charge >= 0.3 is 0 Å². The molecule has 112 valence electrons. The Morgan fingerprint density at radius 2 is 1.95 bits per heavy atom. The molecule has 5 heteroatoms. The van der Waals surface area contributed by atoms with Gasteiger partial charge < -0.3 is 14.7 Å². The summed E-state index contributed by atoms with van der Waals surface area (Å²) in [5.74, 6) is 0.416. The Morgan fingerprint density at radius 3 is 2.45 bits per heavy atom. The molecule has 0 bridgehead atoms. The molecule has 1 aromatic rings. The zero-order chi connectivity index (χ0) is 15.3. The van der Waals surface area contributed by atoms with E-state index in [4.69, 9.17) is 16.3 Å². The summed E-state index contributed by atoms with van der Waals surface area (Å²) in [6, 6.07) is 5.00. The van der Waals surface area contributed by atoms with Gasteiger partial charge in [-0.2, -0.15) is 0 Å². The fourth-order valence-corrected chi connectivity index (χ4v) is 2.17. The molecule has 0 aliphatic heterocycles. The molecule has 0 aliphatic rings. The summed E-state index contributed by atoms with van der Waals surface area (Å²) in [5.41, 5.74) is 0.580. The standard InChI is InChI=1S/C15H22ClNO3/c1-5-17(6-2)15(19)11(4)20-14-8-7-12(16)9-13(14)10(3)18/h7-11,18H,5-6H2,1-4H3/t10-,11?/m1/s1. The number of carbonyl (C=O) groups is 1. The molecule has 0 aliphatic carbocycles. The number of halogens is 1. The van der Waals surface area contributed by atoms with E-state index in [1.165, 1.54) is 0 Å². The second-order valence-electron chi connectivity index (χ2n) is 4.63. The molecule has 1 amide bonds. The number of aliphatic hydroxyl groups excluding tert-OH is 1. The highest BCUT2D eigenvalue weighted by molar-refractivity contribution is 6.30. The fraction of sp³-hybridized carbons (Fsp3) is 0.533. The van der Waals surface area contributed by atoms with E-state index in [-0.39, 0.29) is 5.91 Å². The van der Waals surface area contributed by atoms with Crippen LogP contribution in [0.15, 0.2) is 18.2 Å². The maximum atomic E-state index is 12.2. The van der Waals surface area contributed by atoms with E-state index in [9.17, 15) is 9.90 Å². The lowest BCUT2D eigenvalue weighted by Gasteiger charge is -2.24. The quantitative estimate of drug-likeness (QED) is 0.878. The molecule has 0 saturated heterocycles. The first kappa shape index (κ1) is 16.8. The molecule has 0 aromatic heterocycles. The van der Waals surface area contributed by atoms with Crippen molar-refractivity contribution >= 4 is 17.5 Å². The normalized spacial score (nSPS) is 13.7. The van der Waals surface area contributed by atoms with Gasteiger partial charge in [0.25, 0.3) is 5.91 Å². The molecule has 0 radical (unpaired) electrons. The third-order valence-corrected chi connectivity index (χ3v) is 3.38. The molecule has 20 heavy (non-hydrogen) atoms. The molecule has 1 unspecified atom stereocenters. The zero-order valence-electron chi connectivity index (χ0n) is 12.4. The van der Waals surface area contributed by atoms with Gasteiger partial charge in [0.1, 0.15) is 5.75 Å². The predicted molar refractivity (Wildman–Crippen MR) is 80.1 cm³/mol. The maximum absolute atomic E-state index is 12.2. The lowest BCUT2D eigenvalue weighted by atomic mass is 10.1. The van der Waals surface area contributed by atoms with Crippen molar-refractivity contribution in [1.82, 2.24) is 4.90 Å². The number of hydrogen-bond acceptors (Lipinski definition) is 3. The third-order valence-electron chi connectivity index (χ3n) is 3.15. The number of likely N-dealkylation sites (N-methyl/N-ethyl adjacent to an activating group) is 1. The van der Waals surface area contributed by atoms with Crippen molar-refractivity contribution in [2.75, 3.05) is 13.1 Å². The van der Waals surface area contributed by atoms with E-state index in [2.05, 4.69) is 0 Å². The highest BCUT2D eigenvalue weighted by Gasteiger charge is 2.21. The van der Waals surface area contributed by atoms with E-state index in [0.29, 0.717) is 29.4 Å². The van der Waals surface area contributed by atoms with E-state index < -0.39 is 12.2 Å². The number of benzene rings is 1. The molecule has 0 heterocycles. The minimum atomic E-state index is -0.709. The van der Waals surface area contributed by atoms with Crippen LogP contribution in [0.3, 0.4) is 0 Å². The Kier molecular flexibility index (Phi) is 6.30. The summed E-state index contributed by atoms with van der Waals surface area (Å²) in [6.07, 6.45) is -1.31. The second kappa shape index (κ2) is 7.50. The van der Waals surface area contributed by atoms with Crippen LogP contribution in [0.1, 0.15) is 39.4 Å².